The minimum absolute atomic E-state index is 0.134. The molecule has 7 nitrogen and oxygen atoms in total. The van der Waals surface area contributed by atoms with Crippen LogP contribution in [0.1, 0.15) is 29.2 Å². The quantitative estimate of drug-likeness (QED) is 0.768. The zero-order valence-electron chi connectivity index (χ0n) is 13.4. The molecule has 0 spiro atoms. The van der Waals surface area contributed by atoms with Crippen molar-refractivity contribution in [2.24, 2.45) is 0 Å². The molecule has 1 saturated carbocycles. The molecule has 2 fully saturated rings. The molecule has 1 N–H and O–H groups in total. The fourth-order valence-electron chi connectivity index (χ4n) is 2.70. The Morgan fingerprint density at radius 3 is 2.57 bits per heavy atom. The zero-order valence-corrected chi connectivity index (χ0v) is 13.4. The summed E-state index contributed by atoms with van der Waals surface area (Å²) in [4.78, 5) is 27.6. The molecule has 1 aromatic rings. The number of amides is 1. The number of nitrogens with zero attached hydrogens (tertiary/aromatic N) is 2. The Kier molecular flexibility index (Phi) is 4.97. The number of carbonyl (C=O) groups excluding carboxylic acids is 2. The third kappa shape index (κ3) is 4.56. The van der Waals surface area contributed by atoms with E-state index >= 15 is 0 Å². The number of piperazine rings is 1. The van der Waals surface area contributed by atoms with Crippen molar-refractivity contribution >= 4 is 11.9 Å². The van der Waals surface area contributed by atoms with Crippen LogP contribution in [0.25, 0.3) is 0 Å². The van der Waals surface area contributed by atoms with E-state index in [1.54, 1.807) is 6.07 Å². The highest BCUT2D eigenvalue weighted by Crippen LogP contribution is 2.18. The molecule has 1 aliphatic heterocycles. The molecule has 0 radical (unpaired) electrons. The Bertz CT molecular complexity index is 559. The maximum atomic E-state index is 11.8. The third-order valence-electron chi connectivity index (χ3n) is 4.20. The van der Waals surface area contributed by atoms with Gasteiger partial charge in [0.15, 0.2) is 0 Å². The van der Waals surface area contributed by atoms with Crippen LogP contribution in [0.5, 0.6) is 0 Å². The molecule has 1 amide bonds. The van der Waals surface area contributed by atoms with Crippen LogP contribution in [0, 0.1) is 0 Å². The number of rotatable bonds is 6. The number of methoxy groups -OCH3 is 1. The first-order valence-corrected chi connectivity index (χ1v) is 8.05. The molecule has 0 bridgehead atoms. The number of carbonyl (C=O) groups is 2. The van der Waals surface area contributed by atoms with Crippen molar-refractivity contribution in [2.75, 3.05) is 39.8 Å². The number of hydrogen-bond acceptors (Lipinski definition) is 6. The van der Waals surface area contributed by atoms with E-state index < -0.39 is 5.97 Å². The van der Waals surface area contributed by atoms with Crippen molar-refractivity contribution in [3.05, 3.63) is 23.7 Å². The standard InChI is InChI=1S/C16H23N3O4/c1-22-16(21)14-5-4-13(23-14)10-18-6-8-19(9-7-18)11-15(20)17-12-2-3-12/h4-5,12H,2-3,6-11H2,1H3,(H,17,20). The van der Waals surface area contributed by atoms with Crippen LogP contribution >= 0.6 is 0 Å². The normalized spacial score (nSPS) is 19.5. The van der Waals surface area contributed by atoms with Gasteiger partial charge in [-0.05, 0) is 25.0 Å². The van der Waals surface area contributed by atoms with Crippen molar-refractivity contribution in [1.82, 2.24) is 15.1 Å². The van der Waals surface area contributed by atoms with E-state index in [9.17, 15) is 9.59 Å². The summed E-state index contributed by atoms with van der Waals surface area (Å²) in [6.45, 7) is 4.64. The van der Waals surface area contributed by atoms with Gasteiger partial charge in [0.2, 0.25) is 11.7 Å². The second-order valence-corrected chi connectivity index (χ2v) is 6.15. The van der Waals surface area contributed by atoms with E-state index in [1.807, 2.05) is 6.07 Å². The number of furan rings is 1. The van der Waals surface area contributed by atoms with Gasteiger partial charge in [0.1, 0.15) is 5.76 Å². The maximum Gasteiger partial charge on any atom is 0.373 e. The van der Waals surface area contributed by atoms with E-state index in [4.69, 9.17) is 4.42 Å². The molecule has 2 aliphatic rings. The van der Waals surface area contributed by atoms with Crippen molar-refractivity contribution in [3.63, 3.8) is 0 Å². The molecule has 0 aromatic carbocycles. The molecule has 0 unspecified atom stereocenters. The van der Waals surface area contributed by atoms with Gasteiger partial charge in [-0.25, -0.2) is 4.79 Å². The first-order chi connectivity index (χ1) is 11.1. The maximum absolute atomic E-state index is 11.8. The predicted octanol–water partition coefficient (Wildman–Crippen LogP) is 0.462. The second-order valence-electron chi connectivity index (χ2n) is 6.15. The van der Waals surface area contributed by atoms with Crippen LogP contribution in [-0.4, -0.2) is 67.6 Å². The predicted molar refractivity (Wildman–Crippen MR) is 82.9 cm³/mol. The second kappa shape index (κ2) is 7.14. The lowest BCUT2D eigenvalue weighted by Crippen LogP contribution is -2.49. The van der Waals surface area contributed by atoms with E-state index in [0.717, 1.165) is 44.8 Å². The van der Waals surface area contributed by atoms with Crippen LogP contribution < -0.4 is 5.32 Å². The highest BCUT2D eigenvalue weighted by molar-refractivity contribution is 5.86. The van der Waals surface area contributed by atoms with Gasteiger partial charge < -0.3 is 14.5 Å². The summed E-state index contributed by atoms with van der Waals surface area (Å²) >= 11 is 0. The van der Waals surface area contributed by atoms with Gasteiger partial charge in [0.25, 0.3) is 0 Å². The summed E-state index contributed by atoms with van der Waals surface area (Å²) in [7, 11) is 1.34. The first kappa shape index (κ1) is 16.0. The van der Waals surface area contributed by atoms with Crippen LogP contribution in [0.2, 0.25) is 0 Å². The fourth-order valence-corrected chi connectivity index (χ4v) is 2.70. The van der Waals surface area contributed by atoms with Gasteiger partial charge >= 0.3 is 5.97 Å². The van der Waals surface area contributed by atoms with E-state index in [2.05, 4.69) is 19.9 Å². The van der Waals surface area contributed by atoms with Crippen molar-refractivity contribution in [1.29, 1.82) is 0 Å². The fraction of sp³-hybridized carbons (Fsp3) is 0.625. The number of hydrogen-bond donors (Lipinski definition) is 1. The third-order valence-corrected chi connectivity index (χ3v) is 4.20. The van der Waals surface area contributed by atoms with Crippen molar-refractivity contribution < 1.29 is 18.7 Å². The Morgan fingerprint density at radius 2 is 1.91 bits per heavy atom. The van der Waals surface area contributed by atoms with Gasteiger partial charge in [-0.15, -0.1) is 0 Å². The molecule has 23 heavy (non-hydrogen) atoms. The largest absolute Gasteiger partial charge is 0.463 e. The van der Waals surface area contributed by atoms with E-state index in [1.165, 1.54) is 7.11 Å². The summed E-state index contributed by atoms with van der Waals surface area (Å²) in [5.74, 6) is 0.667. The Morgan fingerprint density at radius 1 is 1.22 bits per heavy atom. The average molecular weight is 321 g/mol. The summed E-state index contributed by atoms with van der Waals surface area (Å²) in [6, 6.07) is 3.87. The van der Waals surface area contributed by atoms with Crippen molar-refractivity contribution in [3.8, 4) is 0 Å². The highest BCUT2D eigenvalue weighted by atomic mass is 16.5. The van der Waals surface area contributed by atoms with Gasteiger partial charge in [-0.1, -0.05) is 0 Å². The number of nitrogens with one attached hydrogen (secondary N) is 1. The van der Waals surface area contributed by atoms with Crippen LogP contribution in [0.3, 0.4) is 0 Å². The van der Waals surface area contributed by atoms with Crippen molar-refractivity contribution in [2.45, 2.75) is 25.4 Å². The number of esters is 1. The molecule has 3 rings (SSSR count). The molecule has 0 atom stereocenters. The molecule has 1 aliphatic carbocycles. The molecular formula is C16H23N3O4. The molecule has 1 saturated heterocycles. The SMILES string of the molecule is COC(=O)c1ccc(CN2CCN(CC(=O)NC3CC3)CC2)o1. The zero-order chi connectivity index (χ0) is 16.2. The van der Waals surface area contributed by atoms with Crippen LogP contribution in [-0.2, 0) is 16.1 Å². The summed E-state index contributed by atoms with van der Waals surface area (Å²) < 4.78 is 10.1. The lowest BCUT2D eigenvalue weighted by atomic mass is 10.3. The molecule has 2 heterocycles. The van der Waals surface area contributed by atoms with Gasteiger partial charge in [0, 0.05) is 32.2 Å². The smallest absolute Gasteiger partial charge is 0.373 e. The van der Waals surface area contributed by atoms with Gasteiger partial charge in [-0.3, -0.25) is 14.6 Å². The van der Waals surface area contributed by atoms with Gasteiger partial charge in [-0.2, -0.15) is 0 Å². The summed E-state index contributed by atoms with van der Waals surface area (Å²) in [5.41, 5.74) is 0. The molecule has 126 valence electrons. The minimum Gasteiger partial charge on any atom is -0.463 e. The first-order valence-electron chi connectivity index (χ1n) is 8.05. The van der Waals surface area contributed by atoms with Crippen LogP contribution in [0.4, 0.5) is 0 Å². The van der Waals surface area contributed by atoms with Crippen LogP contribution in [0.15, 0.2) is 16.5 Å². The lowest BCUT2D eigenvalue weighted by Gasteiger charge is -2.33. The van der Waals surface area contributed by atoms with E-state index in [0.29, 0.717) is 19.1 Å². The molecule has 7 heteroatoms. The Hall–Kier alpha value is -1.86. The Labute approximate surface area is 135 Å². The summed E-state index contributed by atoms with van der Waals surface area (Å²) in [6.07, 6.45) is 2.24. The van der Waals surface area contributed by atoms with E-state index in [-0.39, 0.29) is 11.7 Å². The minimum atomic E-state index is -0.456. The lowest BCUT2D eigenvalue weighted by molar-refractivity contribution is -0.122. The van der Waals surface area contributed by atoms with Gasteiger partial charge in [0.05, 0.1) is 20.2 Å². The molecule has 1 aromatic heterocycles. The summed E-state index contributed by atoms with van der Waals surface area (Å²) in [5, 5.41) is 3.02. The Balaban J connectivity index is 1.41. The number of ether oxygens (including phenoxy) is 1. The topological polar surface area (TPSA) is 75.0 Å². The monoisotopic (exact) mass is 321 g/mol. The molecular weight excluding hydrogens is 298 g/mol. The average Bonchev–Trinajstić information content (AvgIpc) is 3.23. The highest BCUT2D eigenvalue weighted by Gasteiger charge is 2.25.